The van der Waals surface area contributed by atoms with E-state index >= 15 is 0 Å². The summed E-state index contributed by atoms with van der Waals surface area (Å²) in [6.45, 7) is 4.54. The maximum atomic E-state index is 11.4. The molecule has 0 bridgehead atoms. The molecule has 20 heavy (non-hydrogen) atoms. The molecule has 1 saturated heterocycles. The smallest absolute Gasteiger partial charge is 0.210 e. The molecule has 0 N–H and O–H groups in total. The maximum absolute atomic E-state index is 11.4. The Bertz CT molecular complexity index is 534. The second-order valence-electron chi connectivity index (χ2n) is 5.67. The number of aryl methyl sites for hydroxylation is 1. The van der Waals surface area contributed by atoms with Crippen LogP contribution in [0.3, 0.4) is 0 Å². The summed E-state index contributed by atoms with van der Waals surface area (Å²) in [4.78, 5) is 6.72. The largest absolute Gasteiger partial charge is 0.357 e. The van der Waals surface area contributed by atoms with E-state index in [1.54, 1.807) is 7.05 Å². The molecule has 112 valence electrons. The van der Waals surface area contributed by atoms with Gasteiger partial charge in [-0.2, -0.15) is 0 Å². The van der Waals surface area contributed by atoms with Gasteiger partial charge in [0.25, 0.3) is 0 Å². The molecule has 0 spiro atoms. The highest BCUT2D eigenvalue weighted by Crippen LogP contribution is 2.22. The van der Waals surface area contributed by atoms with E-state index in [1.165, 1.54) is 16.1 Å². The van der Waals surface area contributed by atoms with Gasteiger partial charge in [-0.05, 0) is 37.3 Å². The molecular weight excluding hydrogens is 274 g/mol. The summed E-state index contributed by atoms with van der Waals surface area (Å²) in [5.74, 6) is 1.46. The van der Waals surface area contributed by atoms with Crippen molar-refractivity contribution in [3.63, 3.8) is 0 Å². The van der Waals surface area contributed by atoms with Crippen LogP contribution in [-0.2, 0) is 10.0 Å². The number of aromatic nitrogens is 1. The van der Waals surface area contributed by atoms with Crippen LogP contribution in [0.2, 0.25) is 0 Å². The van der Waals surface area contributed by atoms with E-state index in [4.69, 9.17) is 0 Å². The molecule has 0 saturated carbocycles. The van der Waals surface area contributed by atoms with E-state index in [1.807, 2.05) is 13.1 Å². The van der Waals surface area contributed by atoms with Crippen LogP contribution in [0.5, 0.6) is 0 Å². The fraction of sp³-hybridized carbons (Fsp3) is 0.643. The van der Waals surface area contributed by atoms with Gasteiger partial charge < -0.3 is 4.90 Å². The van der Waals surface area contributed by atoms with Gasteiger partial charge in [0.2, 0.25) is 10.0 Å². The van der Waals surface area contributed by atoms with Gasteiger partial charge in [0.1, 0.15) is 5.82 Å². The van der Waals surface area contributed by atoms with Crippen LogP contribution in [0.25, 0.3) is 0 Å². The van der Waals surface area contributed by atoms with Crippen molar-refractivity contribution in [1.29, 1.82) is 0 Å². The average Bonchev–Trinajstić information content (AvgIpc) is 2.39. The molecule has 1 aliphatic rings. The molecule has 0 aromatic carbocycles. The Morgan fingerprint density at radius 2 is 2.00 bits per heavy atom. The molecule has 1 aromatic heterocycles. The third kappa shape index (κ3) is 3.93. The molecule has 5 nitrogen and oxygen atoms in total. The monoisotopic (exact) mass is 297 g/mol. The second-order valence-corrected chi connectivity index (χ2v) is 7.76. The molecule has 0 unspecified atom stereocenters. The first kappa shape index (κ1) is 15.3. The second kappa shape index (κ2) is 6.10. The standard InChI is InChI=1S/C14H23N3O2S/c1-12-4-5-14(15-10-12)17-8-6-13(7-9-17)11-16(2)20(3,18)19/h4-5,10,13H,6-9,11H2,1-3H3. The first-order chi connectivity index (χ1) is 9.36. The topological polar surface area (TPSA) is 53.5 Å². The summed E-state index contributed by atoms with van der Waals surface area (Å²) < 4.78 is 24.3. The Balaban J connectivity index is 1.88. The molecule has 6 heteroatoms. The third-order valence-electron chi connectivity index (χ3n) is 3.92. The summed E-state index contributed by atoms with van der Waals surface area (Å²) >= 11 is 0. The van der Waals surface area contributed by atoms with E-state index in [-0.39, 0.29) is 0 Å². The molecule has 1 aliphatic heterocycles. The minimum absolute atomic E-state index is 0.441. The number of rotatable bonds is 4. The van der Waals surface area contributed by atoms with Crippen molar-refractivity contribution < 1.29 is 8.42 Å². The van der Waals surface area contributed by atoms with Crippen molar-refractivity contribution in [1.82, 2.24) is 9.29 Å². The quantitative estimate of drug-likeness (QED) is 0.845. The van der Waals surface area contributed by atoms with Crippen molar-refractivity contribution in [3.8, 4) is 0 Å². The summed E-state index contributed by atoms with van der Waals surface area (Å²) in [7, 11) is -1.41. The van der Waals surface area contributed by atoms with Crippen LogP contribution in [0.4, 0.5) is 5.82 Å². The zero-order valence-corrected chi connectivity index (χ0v) is 13.2. The maximum Gasteiger partial charge on any atom is 0.210 e. The minimum atomic E-state index is -3.07. The number of anilines is 1. The molecule has 2 rings (SSSR count). The normalized spacial score (nSPS) is 17.7. The van der Waals surface area contributed by atoms with Gasteiger partial charge >= 0.3 is 0 Å². The van der Waals surface area contributed by atoms with Gasteiger partial charge in [0, 0.05) is 32.9 Å². The van der Waals surface area contributed by atoms with Crippen molar-refractivity contribution >= 4 is 15.8 Å². The number of hydrogen-bond donors (Lipinski definition) is 0. The molecule has 0 aliphatic carbocycles. The van der Waals surface area contributed by atoms with Crippen molar-refractivity contribution in [3.05, 3.63) is 23.9 Å². The molecule has 0 radical (unpaired) electrons. The van der Waals surface area contributed by atoms with E-state index in [0.717, 1.165) is 31.7 Å². The molecule has 1 fully saturated rings. The number of pyridine rings is 1. The molecule has 2 heterocycles. The lowest BCUT2D eigenvalue weighted by molar-refractivity contribution is 0.328. The van der Waals surface area contributed by atoms with Crippen molar-refractivity contribution in [2.45, 2.75) is 19.8 Å². The van der Waals surface area contributed by atoms with Crippen LogP contribution in [-0.4, -0.2) is 50.6 Å². The lowest BCUT2D eigenvalue weighted by Gasteiger charge is -2.34. The first-order valence-electron chi connectivity index (χ1n) is 6.95. The van der Waals surface area contributed by atoms with Gasteiger partial charge in [-0.1, -0.05) is 6.07 Å². The van der Waals surface area contributed by atoms with Gasteiger partial charge in [-0.3, -0.25) is 0 Å². The van der Waals surface area contributed by atoms with Gasteiger partial charge in [0.15, 0.2) is 0 Å². The first-order valence-corrected chi connectivity index (χ1v) is 8.80. The van der Waals surface area contributed by atoms with Gasteiger partial charge in [-0.15, -0.1) is 0 Å². The highest BCUT2D eigenvalue weighted by atomic mass is 32.2. The predicted molar refractivity (Wildman–Crippen MR) is 81.4 cm³/mol. The number of nitrogens with zero attached hydrogens (tertiary/aromatic N) is 3. The van der Waals surface area contributed by atoms with Crippen molar-refractivity contribution in [2.24, 2.45) is 5.92 Å². The van der Waals surface area contributed by atoms with Crippen LogP contribution in [0.1, 0.15) is 18.4 Å². The fourth-order valence-corrected chi connectivity index (χ4v) is 2.97. The lowest BCUT2D eigenvalue weighted by atomic mass is 9.97. The predicted octanol–water partition coefficient (Wildman–Crippen LogP) is 1.50. The molecule has 1 aromatic rings. The summed E-state index contributed by atoms with van der Waals surface area (Å²) in [6, 6.07) is 4.13. The Morgan fingerprint density at radius 1 is 1.35 bits per heavy atom. The van der Waals surface area contributed by atoms with Crippen LogP contribution < -0.4 is 4.90 Å². The lowest BCUT2D eigenvalue weighted by Crippen LogP contribution is -2.39. The molecular formula is C14H23N3O2S. The Hall–Kier alpha value is -1.14. The summed E-state index contributed by atoms with van der Waals surface area (Å²) in [6.07, 6.45) is 5.17. The summed E-state index contributed by atoms with van der Waals surface area (Å²) in [5, 5.41) is 0. The van der Waals surface area contributed by atoms with Crippen LogP contribution in [0.15, 0.2) is 18.3 Å². The number of sulfonamides is 1. The van der Waals surface area contributed by atoms with E-state index < -0.39 is 10.0 Å². The Labute approximate surface area is 121 Å². The van der Waals surface area contributed by atoms with E-state index in [2.05, 4.69) is 22.0 Å². The van der Waals surface area contributed by atoms with E-state index in [9.17, 15) is 8.42 Å². The number of piperidine rings is 1. The van der Waals surface area contributed by atoms with Gasteiger partial charge in [0.05, 0.1) is 6.26 Å². The minimum Gasteiger partial charge on any atom is -0.357 e. The average molecular weight is 297 g/mol. The zero-order chi connectivity index (χ0) is 14.8. The highest BCUT2D eigenvalue weighted by Gasteiger charge is 2.23. The molecule has 0 amide bonds. The SMILES string of the molecule is Cc1ccc(N2CCC(CN(C)S(C)(=O)=O)CC2)nc1. The number of hydrogen-bond acceptors (Lipinski definition) is 4. The third-order valence-corrected chi connectivity index (χ3v) is 5.20. The fourth-order valence-electron chi connectivity index (χ4n) is 2.49. The Kier molecular flexibility index (Phi) is 4.65. The van der Waals surface area contributed by atoms with Crippen LogP contribution >= 0.6 is 0 Å². The van der Waals surface area contributed by atoms with E-state index in [0.29, 0.717) is 12.5 Å². The zero-order valence-electron chi connectivity index (χ0n) is 12.4. The summed E-state index contributed by atoms with van der Waals surface area (Å²) in [5.41, 5.74) is 1.17. The van der Waals surface area contributed by atoms with Gasteiger partial charge in [-0.25, -0.2) is 17.7 Å². The Morgan fingerprint density at radius 3 is 2.50 bits per heavy atom. The molecule has 0 atom stereocenters. The van der Waals surface area contributed by atoms with Crippen molar-refractivity contribution in [2.75, 3.05) is 37.8 Å². The highest BCUT2D eigenvalue weighted by molar-refractivity contribution is 7.88. The van der Waals surface area contributed by atoms with Crippen LogP contribution in [0, 0.1) is 12.8 Å².